The van der Waals surface area contributed by atoms with Crippen LogP contribution in [0.25, 0.3) is 0 Å². The monoisotopic (exact) mass is 391 g/mol. The summed E-state index contributed by atoms with van der Waals surface area (Å²) in [5, 5.41) is 9.88. The second-order valence-corrected chi connectivity index (χ2v) is 7.52. The zero-order chi connectivity index (χ0) is 18.3. The third-order valence-electron chi connectivity index (χ3n) is 3.08. The molecule has 0 heterocycles. The van der Waals surface area contributed by atoms with Crippen molar-refractivity contribution >= 4 is 33.3 Å². The van der Waals surface area contributed by atoms with E-state index < -0.39 is 10.1 Å². The van der Waals surface area contributed by atoms with Gasteiger partial charge in [-0.3, -0.25) is 4.55 Å². The minimum Gasteiger partial charge on any atom is -0.317 e. The van der Waals surface area contributed by atoms with Gasteiger partial charge in [-0.05, 0) is 50.1 Å². The van der Waals surface area contributed by atoms with E-state index in [4.69, 9.17) is 33.0 Å². The maximum atomic E-state index is 10.5. The molecule has 24 heavy (non-hydrogen) atoms. The van der Waals surface area contributed by atoms with Gasteiger partial charge in [-0.1, -0.05) is 47.0 Å². The molecule has 0 aromatic heterocycles. The summed E-state index contributed by atoms with van der Waals surface area (Å²) in [6.07, 6.45) is 0.673. The number of hydrogen-bond acceptors (Lipinski definition) is 4. The Kier molecular flexibility index (Phi) is 8.15. The average Bonchev–Trinajstić information content (AvgIpc) is 2.50. The first-order chi connectivity index (χ1) is 11.1. The van der Waals surface area contributed by atoms with Crippen molar-refractivity contribution < 1.29 is 18.2 Å². The molecule has 0 aliphatic rings. The number of hydrogen-bond donors (Lipinski definition) is 3. The largest absolute Gasteiger partial charge is 0.317 e. The molecule has 1 unspecified atom stereocenters. The normalized spacial score (nSPS) is 12.2. The Labute approximate surface area is 151 Å². The molecule has 2 aromatic rings. The molecule has 0 saturated carbocycles. The van der Waals surface area contributed by atoms with Crippen LogP contribution >= 0.6 is 23.2 Å². The molecule has 1 atom stereocenters. The van der Waals surface area contributed by atoms with Crippen molar-refractivity contribution in [3.8, 4) is 0 Å². The van der Waals surface area contributed by atoms with Crippen LogP contribution in [0.5, 0.6) is 0 Å². The molecule has 0 aliphatic carbocycles. The molecule has 0 saturated heterocycles. The van der Waals surface area contributed by atoms with Crippen LogP contribution in [0.2, 0.25) is 10.0 Å². The van der Waals surface area contributed by atoms with Gasteiger partial charge in [0.25, 0.3) is 10.1 Å². The number of hydroxylamine groups is 1. The minimum absolute atomic E-state index is 0.0151. The van der Waals surface area contributed by atoms with Gasteiger partial charge in [-0.2, -0.15) is 8.42 Å². The van der Waals surface area contributed by atoms with Gasteiger partial charge in [0.1, 0.15) is 0 Å². The third kappa shape index (κ3) is 7.17. The number of benzene rings is 2. The lowest BCUT2D eigenvalue weighted by atomic mass is 10.1. The highest BCUT2D eigenvalue weighted by Crippen LogP contribution is 2.21. The SMILES string of the molecule is CC(Cc1ccc(Cl)cc1Cl)NO.Cc1ccc(S(=O)(=O)O)cc1. The van der Waals surface area contributed by atoms with Crippen LogP contribution < -0.4 is 5.48 Å². The van der Waals surface area contributed by atoms with Crippen LogP contribution in [-0.2, 0) is 16.5 Å². The number of halogens is 2. The van der Waals surface area contributed by atoms with E-state index in [0.717, 1.165) is 11.1 Å². The van der Waals surface area contributed by atoms with Gasteiger partial charge in [0.05, 0.1) is 4.90 Å². The number of rotatable bonds is 4. The first kappa shape index (κ1) is 20.9. The number of nitrogens with one attached hydrogen (secondary N) is 1. The lowest BCUT2D eigenvalue weighted by molar-refractivity contribution is 0.133. The predicted molar refractivity (Wildman–Crippen MR) is 95.5 cm³/mol. The van der Waals surface area contributed by atoms with Crippen LogP contribution in [0.3, 0.4) is 0 Å². The van der Waals surface area contributed by atoms with Gasteiger partial charge in [-0.15, -0.1) is 0 Å². The maximum Gasteiger partial charge on any atom is 0.294 e. The summed E-state index contributed by atoms with van der Waals surface area (Å²) in [4.78, 5) is -0.0666. The molecular weight excluding hydrogens is 373 g/mol. The summed E-state index contributed by atoms with van der Waals surface area (Å²) in [6.45, 7) is 3.71. The Balaban J connectivity index is 0.000000243. The second kappa shape index (κ2) is 9.36. The molecule has 3 N–H and O–H groups in total. The average molecular weight is 392 g/mol. The maximum absolute atomic E-state index is 10.5. The predicted octanol–water partition coefficient (Wildman–Crippen LogP) is 4.14. The second-order valence-electron chi connectivity index (χ2n) is 5.26. The molecule has 0 radical (unpaired) electrons. The van der Waals surface area contributed by atoms with E-state index >= 15 is 0 Å². The van der Waals surface area contributed by atoms with E-state index in [0.29, 0.717) is 16.5 Å². The van der Waals surface area contributed by atoms with Gasteiger partial charge >= 0.3 is 0 Å². The molecule has 0 bridgehead atoms. The van der Waals surface area contributed by atoms with Gasteiger partial charge in [-0.25, -0.2) is 5.48 Å². The van der Waals surface area contributed by atoms with Crippen molar-refractivity contribution in [2.75, 3.05) is 0 Å². The quantitative estimate of drug-likeness (QED) is 0.538. The van der Waals surface area contributed by atoms with E-state index in [9.17, 15) is 8.42 Å². The zero-order valence-electron chi connectivity index (χ0n) is 13.2. The highest BCUT2D eigenvalue weighted by atomic mass is 35.5. The minimum atomic E-state index is -4.02. The highest BCUT2D eigenvalue weighted by molar-refractivity contribution is 7.85. The standard InChI is InChI=1S/C9H11Cl2NO.C7H8O3S/c1-6(12-13)4-7-2-3-8(10)5-9(7)11;1-6-2-4-7(5-3-6)11(8,9)10/h2-3,5-6,12-13H,4H2,1H3;2-5H,1H3,(H,8,9,10). The van der Waals surface area contributed by atoms with E-state index in [1.807, 2.05) is 19.9 Å². The summed E-state index contributed by atoms with van der Waals surface area (Å²) in [5.74, 6) is 0. The molecule has 0 fully saturated rings. The van der Waals surface area contributed by atoms with Crippen LogP contribution in [-0.4, -0.2) is 24.2 Å². The van der Waals surface area contributed by atoms with Crippen molar-refractivity contribution in [1.82, 2.24) is 5.48 Å². The zero-order valence-corrected chi connectivity index (χ0v) is 15.5. The Morgan fingerprint density at radius 3 is 2.17 bits per heavy atom. The topological polar surface area (TPSA) is 86.6 Å². The highest BCUT2D eigenvalue weighted by Gasteiger charge is 2.07. The first-order valence-corrected chi connectivity index (χ1v) is 9.20. The van der Waals surface area contributed by atoms with Crippen molar-refractivity contribution in [2.45, 2.75) is 31.2 Å². The first-order valence-electron chi connectivity index (χ1n) is 7.01. The molecule has 5 nitrogen and oxygen atoms in total. The third-order valence-corrected chi connectivity index (χ3v) is 4.54. The molecular formula is C16H19Cl2NO4S. The Bertz CT molecular complexity index is 764. The van der Waals surface area contributed by atoms with E-state index in [-0.39, 0.29) is 10.9 Å². The van der Waals surface area contributed by atoms with E-state index in [1.165, 1.54) is 12.1 Å². The molecule has 0 spiro atoms. The van der Waals surface area contributed by atoms with Crippen molar-refractivity contribution in [3.63, 3.8) is 0 Å². The van der Waals surface area contributed by atoms with Crippen LogP contribution in [0, 0.1) is 6.92 Å². The summed E-state index contributed by atoms with van der Waals surface area (Å²) >= 11 is 11.7. The van der Waals surface area contributed by atoms with Crippen molar-refractivity contribution in [3.05, 3.63) is 63.6 Å². The lowest BCUT2D eigenvalue weighted by Crippen LogP contribution is -2.24. The summed E-state index contributed by atoms with van der Waals surface area (Å²) < 4.78 is 29.6. The van der Waals surface area contributed by atoms with E-state index in [2.05, 4.69) is 5.48 Å². The van der Waals surface area contributed by atoms with Crippen LogP contribution in [0.1, 0.15) is 18.1 Å². The van der Waals surface area contributed by atoms with Gasteiger partial charge in [0.15, 0.2) is 0 Å². The fraction of sp³-hybridized carbons (Fsp3) is 0.250. The summed E-state index contributed by atoms with van der Waals surface area (Å²) in [7, 11) is -4.02. The molecule has 0 aliphatic heterocycles. The molecule has 2 rings (SSSR count). The fourth-order valence-corrected chi connectivity index (χ4v) is 2.74. The lowest BCUT2D eigenvalue weighted by Gasteiger charge is -2.10. The smallest absolute Gasteiger partial charge is 0.294 e. The van der Waals surface area contributed by atoms with Crippen molar-refractivity contribution in [1.29, 1.82) is 0 Å². The Morgan fingerprint density at radius 1 is 1.12 bits per heavy atom. The van der Waals surface area contributed by atoms with E-state index in [1.54, 1.807) is 24.3 Å². The molecule has 0 amide bonds. The molecule has 8 heteroatoms. The van der Waals surface area contributed by atoms with Gasteiger partial charge < -0.3 is 5.21 Å². The van der Waals surface area contributed by atoms with Crippen LogP contribution in [0.15, 0.2) is 47.4 Å². The fourth-order valence-electron chi connectivity index (χ4n) is 1.77. The molecule has 2 aromatic carbocycles. The summed E-state index contributed by atoms with van der Waals surface area (Å²) in [5.41, 5.74) is 4.09. The molecule has 132 valence electrons. The van der Waals surface area contributed by atoms with Crippen LogP contribution in [0.4, 0.5) is 0 Å². The summed E-state index contributed by atoms with van der Waals surface area (Å²) in [6, 6.07) is 11.3. The van der Waals surface area contributed by atoms with Gasteiger partial charge in [0, 0.05) is 16.1 Å². The Hall–Kier alpha value is -1.15. The number of aryl methyl sites for hydroxylation is 1. The Morgan fingerprint density at radius 2 is 1.71 bits per heavy atom. The van der Waals surface area contributed by atoms with Gasteiger partial charge in [0.2, 0.25) is 0 Å². The van der Waals surface area contributed by atoms with Crippen molar-refractivity contribution in [2.24, 2.45) is 0 Å².